The van der Waals surface area contributed by atoms with Crippen LogP contribution < -0.4 is 5.32 Å². The Balaban J connectivity index is 2.44. The molecular formula is C14H19F2NO2S. The molecular weight excluding hydrogens is 284 g/mol. The largest absolute Gasteiger partial charge is 0.480 e. The zero-order valence-corrected chi connectivity index (χ0v) is 12.4. The number of hydrogen-bond acceptors (Lipinski definition) is 3. The number of aliphatic carboxylic acids is 1. The molecule has 0 saturated carbocycles. The smallest absolute Gasteiger partial charge is 0.323 e. The first kappa shape index (κ1) is 16.9. The average Bonchev–Trinajstić information content (AvgIpc) is 2.39. The summed E-state index contributed by atoms with van der Waals surface area (Å²) in [6.45, 7) is 4.09. The highest BCUT2D eigenvalue weighted by atomic mass is 32.2. The molecule has 1 rings (SSSR count). The maximum absolute atomic E-state index is 13.0. The van der Waals surface area contributed by atoms with Crippen LogP contribution in [0.2, 0.25) is 0 Å². The quantitative estimate of drug-likeness (QED) is 0.571. The Labute approximate surface area is 121 Å². The summed E-state index contributed by atoms with van der Waals surface area (Å²) < 4.78 is 25.8. The van der Waals surface area contributed by atoms with Crippen molar-refractivity contribution in [2.45, 2.75) is 37.1 Å². The third-order valence-electron chi connectivity index (χ3n) is 3.02. The van der Waals surface area contributed by atoms with Crippen LogP contribution in [0.4, 0.5) is 8.78 Å². The predicted octanol–water partition coefficient (Wildman–Crippen LogP) is 3.29. The summed E-state index contributed by atoms with van der Waals surface area (Å²) >= 11 is 1.39. The molecule has 0 aliphatic heterocycles. The van der Waals surface area contributed by atoms with E-state index in [2.05, 4.69) is 5.32 Å². The summed E-state index contributed by atoms with van der Waals surface area (Å²) in [5.41, 5.74) is -0.941. The topological polar surface area (TPSA) is 49.3 Å². The Hall–Kier alpha value is -1.14. The van der Waals surface area contributed by atoms with Gasteiger partial charge >= 0.3 is 5.97 Å². The van der Waals surface area contributed by atoms with E-state index in [1.54, 1.807) is 6.92 Å². The minimum atomic E-state index is -0.941. The van der Waals surface area contributed by atoms with Crippen molar-refractivity contribution in [2.75, 3.05) is 12.3 Å². The lowest BCUT2D eigenvalue weighted by Crippen LogP contribution is -2.49. The van der Waals surface area contributed by atoms with Crippen LogP contribution in [0, 0.1) is 11.6 Å². The minimum absolute atomic E-state index is 0.479. The van der Waals surface area contributed by atoms with Crippen LogP contribution in [-0.2, 0) is 4.79 Å². The van der Waals surface area contributed by atoms with Gasteiger partial charge in [-0.1, -0.05) is 6.92 Å². The van der Waals surface area contributed by atoms with Gasteiger partial charge in [-0.2, -0.15) is 0 Å². The molecule has 1 aromatic rings. The summed E-state index contributed by atoms with van der Waals surface area (Å²) in [6.07, 6.45) is 1.15. The summed E-state index contributed by atoms with van der Waals surface area (Å²) in [4.78, 5) is 11.8. The first-order valence-electron chi connectivity index (χ1n) is 6.45. The van der Waals surface area contributed by atoms with Crippen LogP contribution in [0.25, 0.3) is 0 Å². The second-order valence-electron chi connectivity index (χ2n) is 4.70. The van der Waals surface area contributed by atoms with Gasteiger partial charge in [0, 0.05) is 4.90 Å². The second kappa shape index (κ2) is 7.59. The van der Waals surface area contributed by atoms with Crippen molar-refractivity contribution in [3.05, 3.63) is 29.8 Å². The monoisotopic (exact) mass is 303 g/mol. The van der Waals surface area contributed by atoms with Crippen LogP contribution in [0.3, 0.4) is 0 Å². The number of thioether (sulfide) groups is 1. The fraction of sp³-hybridized carbons (Fsp3) is 0.500. The molecule has 0 fully saturated rings. The second-order valence-corrected chi connectivity index (χ2v) is 5.86. The SMILES string of the molecule is CCNC(C)(CCCSc1ccc(F)c(F)c1)C(=O)O. The minimum Gasteiger partial charge on any atom is -0.480 e. The van der Waals surface area contributed by atoms with Crippen molar-refractivity contribution in [3.8, 4) is 0 Å². The highest BCUT2D eigenvalue weighted by Gasteiger charge is 2.31. The Bertz CT molecular complexity index is 470. The maximum Gasteiger partial charge on any atom is 0.323 e. The van der Waals surface area contributed by atoms with Crippen molar-refractivity contribution >= 4 is 17.7 Å². The summed E-state index contributed by atoms with van der Waals surface area (Å²) in [7, 11) is 0. The number of nitrogens with one attached hydrogen (secondary N) is 1. The van der Waals surface area contributed by atoms with Crippen molar-refractivity contribution in [1.82, 2.24) is 5.32 Å². The molecule has 112 valence electrons. The van der Waals surface area contributed by atoms with E-state index >= 15 is 0 Å². The molecule has 1 unspecified atom stereocenters. The summed E-state index contributed by atoms with van der Waals surface area (Å²) in [5, 5.41) is 12.1. The normalized spacial score (nSPS) is 14.0. The van der Waals surface area contributed by atoms with E-state index in [9.17, 15) is 18.7 Å². The first-order chi connectivity index (χ1) is 9.39. The molecule has 1 aromatic carbocycles. The molecule has 2 N–H and O–H groups in total. The van der Waals surface area contributed by atoms with Gasteiger partial charge in [0.05, 0.1) is 0 Å². The Morgan fingerprint density at radius 3 is 2.65 bits per heavy atom. The van der Waals surface area contributed by atoms with E-state index in [1.165, 1.54) is 17.8 Å². The third-order valence-corrected chi connectivity index (χ3v) is 4.10. The number of rotatable bonds is 8. The van der Waals surface area contributed by atoms with E-state index in [0.29, 0.717) is 30.0 Å². The number of carbonyl (C=O) groups is 1. The number of benzene rings is 1. The average molecular weight is 303 g/mol. The molecule has 1 atom stereocenters. The van der Waals surface area contributed by atoms with E-state index in [4.69, 9.17) is 0 Å². The number of likely N-dealkylation sites (N-methyl/N-ethyl adjacent to an activating group) is 1. The summed E-state index contributed by atoms with van der Waals surface area (Å²) in [5.74, 6) is -1.95. The van der Waals surface area contributed by atoms with Gasteiger partial charge in [0.1, 0.15) is 5.54 Å². The zero-order chi connectivity index (χ0) is 15.2. The van der Waals surface area contributed by atoms with Crippen LogP contribution in [0.5, 0.6) is 0 Å². The highest BCUT2D eigenvalue weighted by molar-refractivity contribution is 7.99. The van der Waals surface area contributed by atoms with Gasteiger partial charge in [0.25, 0.3) is 0 Å². The van der Waals surface area contributed by atoms with Gasteiger partial charge in [-0.15, -0.1) is 11.8 Å². The van der Waals surface area contributed by atoms with Crippen LogP contribution in [0.15, 0.2) is 23.1 Å². The predicted molar refractivity (Wildman–Crippen MR) is 76.0 cm³/mol. The number of hydrogen-bond donors (Lipinski definition) is 2. The van der Waals surface area contributed by atoms with Gasteiger partial charge in [-0.3, -0.25) is 4.79 Å². The van der Waals surface area contributed by atoms with Crippen molar-refractivity contribution in [1.29, 1.82) is 0 Å². The van der Waals surface area contributed by atoms with E-state index < -0.39 is 23.1 Å². The lowest BCUT2D eigenvalue weighted by atomic mass is 9.96. The number of carboxylic acids is 1. The molecule has 6 heteroatoms. The lowest BCUT2D eigenvalue weighted by Gasteiger charge is -2.25. The molecule has 0 aliphatic carbocycles. The molecule has 0 aliphatic rings. The fourth-order valence-electron chi connectivity index (χ4n) is 1.84. The molecule has 3 nitrogen and oxygen atoms in total. The van der Waals surface area contributed by atoms with Crippen LogP contribution in [-0.4, -0.2) is 28.9 Å². The number of halogens is 2. The molecule has 0 amide bonds. The zero-order valence-electron chi connectivity index (χ0n) is 11.6. The lowest BCUT2D eigenvalue weighted by molar-refractivity contribution is -0.144. The van der Waals surface area contributed by atoms with Gasteiger partial charge in [-0.25, -0.2) is 8.78 Å². The fourth-order valence-corrected chi connectivity index (χ4v) is 2.72. The van der Waals surface area contributed by atoms with Crippen molar-refractivity contribution in [3.63, 3.8) is 0 Å². The van der Waals surface area contributed by atoms with E-state index in [0.717, 1.165) is 12.1 Å². The van der Waals surface area contributed by atoms with Gasteiger partial charge in [0.2, 0.25) is 0 Å². The Kier molecular flexibility index (Phi) is 6.42. The molecule has 0 spiro atoms. The van der Waals surface area contributed by atoms with E-state index in [-0.39, 0.29) is 0 Å². The molecule has 0 radical (unpaired) electrons. The van der Waals surface area contributed by atoms with Gasteiger partial charge in [0.15, 0.2) is 11.6 Å². The molecule has 20 heavy (non-hydrogen) atoms. The highest BCUT2D eigenvalue weighted by Crippen LogP contribution is 2.23. The molecule has 0 heterocycles. The Morgan fingerprint density at radius 2 is 2.10 bits per heavy atom. The van der Waals surface area contributed by atoms with E-state index in [1.807, 2.05) is 6.92 Å². The maximum atomic E-state index is 13.0. The first-order valence-corrected chi connectivity index (χ1v) is 7.44. The van der Waals surface area contributed by atoms with Gasteiger partial charge in [-0.05, 0) is 50.3 Å². The third kappa shape index (κ3) is 4.76. The van der Waals surface area contributed by atoms with Gasteiger partial charge < -0.3 is 10.4 Å². The molecule has 0 saturated heterocycles. The standard InChI is InChI=1S/C14H19F2NO2S/c1-3-17-14(2,13(18)19)7-4-8-20-10-5-6-11(15)12(16)9-10/h5-6,9,17H,3-4,7-8H2,1-2H3,(H,18,19). The van der Waals surface area contributed by atoms with Crippen molar-refractivity contribution < 1.29 is 18.7 Å². The molecule has 0 bridgehead atoms. The van der Waals surface area contributed by atoms with Crippen molar-refractivity contribution in [2.24, 2.45) is 0 Å². The molecule has 0 aromatic heterocycles. The summed E-state index contributed by atoms with van der Waals surface area (Å²) in [6, 6.07) is 3.77. The Morgan fingerprint density at radius 1 is 1.40 bits per heavy atom. The van der Waals surface area contributed by atoms with Crippen LogP contribution in [0.1, 0.15) is 26.7 Å². The van der Waals surface area contributed by atoms with Crippen LogP contribution >= 0.6 is 11.8 Å². The number of carboxylic acid groups (broad SMARTS) is 1.